The van der Waals surface area contributed by atoms with E-state index < -0.39 is 0 Å². The van der Waals surface area contributed by atoms with Crippen LogP contribution < -0.4 is 10.4 Å². The van der Waals surface area contributed by atoms with Crippen molar-refractivity contribution in [3.63, 3.8) is 0 Å². The van der Waals surface area contributed by atoms with Crippen molar-refractivity contribution in [2.45, 2.75) is 13.8 Å². The lowest BCUT2D eigenvalue weighted by molar-refractivity contribution is 0.340. The molecule has 4 nitrogen and oxygen atoms in total. The van der Waals surface area contributed by atoms with Gasteiger partial charge in [-0.1, -0.05) is 12.1 Å². The normalized spacial score (nSPS) is 10.9. The van der Waals surface area contributed by atoms with Crippen molar-refractivity contribution < 1.29 is 13.6 Å². The Morgan fingerprint density at radius 1 is 1.25 bits per heavy atom. The van der Waals surface area contributed by atoms with Gasteiger partial charge in [0, 0.05) is 17.2 Å². The largest absolute Gasteiger partial charge is 0.494 e. The highest BCUT2D eigenvalue weighted by atomic mass is 16.5. The maximum Gasteiger partial charge on any atom is 0.347 e. The second-order valence-electron chi connectivity index (χ2n) is 4.52. The van der Waals surface area contributed by atoms with Crippen LogP contribution in [0.2, 0.25) is 0 Å². The smallest absolute Gasteiger partial charge is 0.347 e. The molecule has 0 radical (unpaired) electrons. The lowest BCUT2D eigenvalue weighted by Crippen LogP contribution is -2.00. The van der Waals surface area contributed by atoms with Gasteiger partial charge in [0.1, 0.15) is 22.5 Å². The predicted octanol–water partition coefficient (Wildman–Crippen LogP) is 3.76. The molecule has 0 bridgehead atoms. The Morgan fingerprint density at radius 2 is 2.10 bits per heavy atom. The van der Waals surface area contributed by atoms with Gasteiger partial charge in [-0.25, -0.2) is 4.79 Å². The fourth-order valence-electron chi connectivity index (χ4n) is 2.18. The average Bonchev–Trinajstić information content (AvgIpc) is 2.81. The first-order valence-corrected chi connectivity index (χ1v) is 6.44. The molecule has 0 spiro atoms. The number of benzene rings is 1. The minimum atomic E-state index is -0.384. The third-order valence-corrected chi connectivity index (χ3v) is 3.10. The highest BCUT2D eigenvalue weighted by Gasteiger charge is 2.12. The molecule has 3 rings (SSSR count). The fourth-order valence-corrected chi connectivity index (χ4v) is 2.18. The first-order valence-electron chi connectivity index (χ1n) is 6.44. The van der Waals surface area contributed by atoms with Crippen LogP contribution in [0.4, 0.5) is 0 Å². The molecule has 0 atom stereocenters. The van der Waals surface area contributed by atoms with Gasteiger partial charge in [-0.3, -0.25) is 0 Å². The molecule has 4 heteroatoms. The first-order chi connectivity index (χ1) is 9.69. The Labute approximate surface area is 115 Å². The molecule has 2 heterocycles. The van der Waals surface area contributed by atoms with Crippen molar-refractivity contribution in [2.24, 2.45) is 0 Å². The molecule has 0 fully saturated rings. The monoisotopic (exact) mass is 270 g/mol. The predicted molar refractivity (Wildman–Crippen MR) is 76.1 cm³/mol. The van der Waals surface area contributed by atoms with E-state index in [-0.39, 0.29) is 5.63 Å². The summed E-state index contributed by atoms with van der Waals surface area (Å²) in [6, 6.07) is 9.15. The summed E-state index contributed by atoms with van der Waals surface area (Å²) in [5.41, 5.74) is 1.72. The van der Waals surface area contributed by atoms with Crippen molar-refractivity contribution in [3.05, 3.63) is 52.6 Å². The zero-order chi connectivity index (χ0) is 14.1. The lowest BCUT2D eigenvalue weighted by atomic mass is 10.1. The molecule has 0 N–H and O–H groups in total. The van der Waals surface area contributed by atoms with E-state index in [4.69, 9.17) is 13.6 Å². The number of ether oxygens (including phenoxy) is 1. The Morgan fingerprint density at radius 3 is 2.90 bits per heavy atom. The van der Waals surface area contributed by atoms with E-state index in [0.29, 0.717) is 23.3 Å². The molecule has 0 saturated carbocycles. The minimum absolute atomic E-state index is 0.384. The third kappa shape index (κ3) is 2.09. The van der Waals surface area contributed by atoms with Crippen LogP contribution in [0.1, 0.15) is 12.5 Å². The molecule has 0 amide bonds. The van der Waals surface area contributed by atoms with Gasteiger partial charge in [-0.05, 0) is 26.0 Å². The minimum Gasteiger partial charge on any atom is -0.494 e. The molecular weight excluding hydrogens is 256 g/mol. The highest BCUT2D eigenvalue weighted by Crippen LogP contribution is 2.27. The van der Waals surface area contributed by atoms with Crippen LogP contribution in [0.3, 0.4) is 0 Å². The van der Waals surface area contributed by atoms with E-state index in [1.54, 1.807) is 12.3 Å². The Kier molecular flexibility index (Phi) is 3.06. The van der Waals surface area contributed by atoms with Crippen molar-refractivity contribution in [3.8, 4) is 17.1 Å². The molecule has 3 aromatic rings. The Hall–Kier alpha value is -2.49. The third-order valence-electron chi connectivity index (χ3n) is 3.10. The second kappa shape index (κ2) is 4.89. The van der Waals surface area contributed by atoms with E-state index in [9.17, 15) is 4.79 Å². The van der Waals surface area contributed by atoms with Crippen LogP contribution >= 0.6 is 0 Å². The van der Waals surface area contributed by atoms with E-state index in [0.717, 1.165) is 16.9 Å². The topological polar surface area (TPSA) is 52.6 Å². The van der Waals surface area contributed by atoms with E-state index >= 15 is 0 Å². The second-order valence-corrected chi connectivity index (χ2v) is 4.52. The maximum absolute atomic E-state index is 12.0. The number of rotatable bonds is 3. The van der Waals surface area contributed by atoms with Gasteiger partial charge in [0.05, 0.1) is 12.9 Å². The van der Waals surface area contributed by atoms with Gasteiger partial charge in [-0.2, -0.15) is 0 Å². The Bertz CT molecular complexity index is 811. The number of fused-ring (bicyclic) bond motifs is 1. The SMILES string of the molecule is CCOc1cccc(-c2cc3occ(C)c3c(=O)o2)c1. The van der Waals surface area contributed by atoms with Crippen LogP contribution in [0.15, 0.2) is 50.2 Å². The summed E-state index contributed by atoms with van der Waals surface area (Å²) in [5.74, 6) is 1.21. The quantitative estimate of drug-likeness (QED) is 0.727. The number of aryl methyl sites for hydroxylation is 1. The average molecular weight is 270 g/mol. The molecule has 1 aromatic carbocycles. The summed E-state index contributed by atoms with van der Waals surface area (Å²) < 4.78 is 16.2. The summed E-state index contributed by atoms with van der Waals surface area (Å²) in [6.07, 6.45) is 1.56. The molecule has 0 saturated heterocycles. The Balaban J connectivity index is 2.14. The summed E-state index contributed by atoms with van der Waals surface area (Å²) in [5, 5.41) is 0.495. The van der Waals surface area contributed by atoms with E-state index in [2.05, 4.69) is 0 Å². The number of furan rings is 1. The van der Waals surface area contributed by atoms with Crippen molar-refractivity contribution in [1.29, 1.82) is 0 Å². The van der Waals surface area contributed by atoms with Crippen LogP contribution in [0.5, 0.6) is 5.75 Å². The van der Waals surface area contributed by atoms with E-state index in [1.807, 2.05) is 38.1 Å². The van der Waals surface area contributed by atoms with Gasteiger partial charge >= 0.3 is 5.63 Å². The summed E-state index contributed by atoms with van der Waals surface area (Å²) >= 11 is 0. The van der Waals surface area contributed by atoms with Crippen LogP contribution in [0.25, 0.3) is 22.3 Å². The summed E-state index contributed by atoms with van der Waals surface area (Å²) in [6.45, 7) is 4.33. The first kappa shape index (κ1) is 12.5. The van der Waals surface area contributed by atoms with Crippen LogP contribution in [0, 0.1) is 6.92 Å². The van der Waals surface area contributed by atoms with Gasteiger partial charge in [0.2, 0.25) is 0 Å². The zero-order valence-corrected chi connectivity index (χ0v) is 11.3. The molecule has 2 aromatic heterocycles. The number of hydrogen-bond acceptors (Lipinski definition) is 4. The summed E-state index contributed by atoms with van der Waals surface area (Å²) in [4.78, 5) is 12.0. The molecule has 102 valence electrons. The van der Waals surface area contributed by atoms with Crippen molar-refractivity contribution >= 4 is 11.0 Å². The van der Waals surface area contributed by atoms with Crippen molar-refractivity contribution in [1.82, 2.24) is 0 Å². The highest BCUT2D eigenvalue weighted by molar-refractivity contribution is 5.82. The van der Waals surface area contributed by atoms with Crippen LogP contribution in [-0.2, 0) is 0 Å². The lowest BCUT2D eigenvalue weighted by Gasteiger charge is -2.05. The summed E-state index contributed by atoms with van der Waals surface area (Å²) in [7, 11) is 0. The van der Waals surface area contributed by atoms with Gasteiger partial charge < -0.3 is 13.6 Å². The molecular formula is C16H14O4. The molecule has 0 aliphatic heterocycles. The maximum atomic E-state index is 12.0. The molecule has 0 unspecified atom stereocenters. The van der Waals surface area contributed by atoms with Crippen LogP contribution in [-0.4, -0.2) is 6.61 Å². The molecule has 0 aliphatic carbocycles. The van der Waals surface area contributed by atoms with E-state index in [1.165, 1.54) is 0 Å². The fraction of sp³-hybridized carbons (Fsp3) is 0.188. The van der Waals surface area contributed by atoms with Gasteiger partial charge in [-0.15, -0.1) is 0 Å². The number of hydrogen-bond donors (Lipinski definition) is 0. The molecule has 20 heavy (non-hydrogen) atoms. The molecule has 0 aliphatic rings. The van der Waals surface area contributed by atoms with Gasteiger partial charge in [0.15, 0.2) is 0 Å². The van der Waals surface area contributed by atoms with Gasteiger partial charge in [0.25, 0.3) is 0 Å². The standard InChI is InChI=1S/C16H14O4/c1-3-18-12-6-4-5-11(7-12)13-8-14-15(16(17)20-13)10(2)9-19-14/h4-9H,3H2,1-2H3. The zero-order valence-electron chi connectivity index (χ0n) is 11.3. The van der Waals surface area contributed by atoms with Crippen molar-refractivity contribution in [2.75, 3.05) is 6.61 Å².